The third-order valence-electron chi connectivity index (χ3n) is 2.95. The third-order valence-corrected chi connectivity index (χ3v) is 2.95. The maximum Gasteiger partial charge on any atom is 0.142 e. The summed E-state index contributed by atoms with van der Waals surface area (Å²) in [5.41, 5.74) is 9.63. The second-order valence-electron chi connectivity index (χ2n) is 5.13. The summed E-state index contributed by atoms with van der Waals surface area (Å²) in [5, 5.41) is 9.17. The Balaban J connectivity index is 3.39. The van der Waals surface area contributed by atoms with E-state index >= 15 is 0 Å². The van der Waals surface area contributed by atoms with Gasteiger partial charge in [0.05, 0.1) is 25.4 Å². The predicted octanol–water partition coefficient (Wildman–Crippen LogP) is 2.41. The van der Waals surface area contributed by atoms with Gasteiger partial charge in [0, 0.05) is 11.3 Å². The molecule has 0 heterocycles. The molecule has 3 N–H and O–H groups in total. The Morgan fingerprint density at radius 1 is 1.37 bits per heavy atom. The fourth-order valence-electron chi connectivity index (χ4n) is 1.95. The maximum atomic E-state index is 9.17. The van der Waals surface area contributed by atoms with Gasteiger partial charge in [-0.15, -0.1) is 0 Å². The first-order valence-corrected chi connectivity index (χ1v) is 6.53. The second kappa shape index (κ2) is 6.57. The fraction of sp³-hybridized carbons (Fsp3) is 0.533. The molecule has 0 saturated carbocycles. The van der Waals surface area contributed by atoms with Gasteiger partial charge < -0.3 is 15.6 Å². The first-order valence-electron chi connectivity index (χ1n) is 6.53. The van der Waals surface area contributed by atoms with Crippen molar-refractivity contribution in [1.82, 2.24) is 0 Å². The van der Waals surface area contributed by atoms with Gasteiger partial charge >= 0.3 is 0 Å². The molecule has 19 heavy (non-hydrogen) atoms. The zero-order chi connectivity index (χ0) is 14.6. The van der Waals surface area contributed by atoms with E-state index in [-0.39, 0.29) is 18.6 Å². The lowest BCUT2D eigenvalue weighted by Crippen LogP contribution is -2.17. The third kappa shape index (κ3) is 3.70. The summed E-state index contributed by atoms with van der Waals surface area (Å²) in [4.78, 5) is 4.57. The summed E-state index contributed by atoms with van der Waals surface area (Å²) in [5.74, 6) is 0.891. The Morgan fingerprint density at radius 3 is 2.47 bits per heavy atom. The number of benzene rings is 1. The van der Waals surface area contributed by atoms with Crippen LogP contribution in [0.2, 0.25) is 0 Å². The highest BCUT2D eigenvalue weighted by Gasteiger charge is 2.16. The van der Waals surface area contributed by atoms with E-state index in [0.29, 0.717) is 11.4 Å². The van der Waals surface area contributed by atoms with E-state index in [2.05, 4.69) is 18.8 Å². The molecular formula is C15H24N2O2. The molecule has 1 atom stereocenters. The Hall–Kier alpha value is -1.55. The number of aliphatic hydroxyl groups excluding tert-OH is 1. The first kappa shape index (κ1) is 15.5. The average Bonchev–Trinajstić information content (AvgIpc) is 2.37. The number of hydrogen-bond donors (Lipinski definition) is 2. The van der Waals surface area contributed by atoms with Crippen LogP contribution in [0.3, 0.4) is 0 Å². The number of hydrogen-bond acceptors (Lipinski definition) is 4. The Labute approximate surface area is 115 Å². The summed E-state index contributed by atoms with van der Waals surface area (Å²) < 4.78 is 5.30. The van der Waals surface area contributed by atoms with E-state index < -0.39 is 0 Å². The molecule has 4 heteroatoms. The molecule has 0 aliphatic carbocycles. The minimum absolute atomic E-state index is 0.0269. The van der Waals surface area contributed by atoms with Gasteiger partial charge in [-0.2, -0.15) is 0 Å². The monoisotopic (exact) mass is 264 g/mol. The summed E-state index contributed by atoms with van der Waals surface area (Å²) in [6.45, 7) is 8.04. The van der Waals surface area contributed by atoms with Gasteiger partial charge in [0.15, 0.2) is 0 Å². The molecule has 0 amide bonds. The summed E-state index contributed by atoms with van der Waals surface area (Å²) in [7, 11) is 1.61. The van der Waals surface area contributed by atoms with Crippen molar-refractivity contribution in [2.24, 2.45) is 10.9 Å². The molecule has 0 aliphatic rings. The number of aliphatic hydroxyl groups is 1. The van der Waals surface area contributed by atoms with Gasteiger partial charge in [0.1, 0.15) is 5.75 Å². The smallest absolute Gasteiger partial charge is 0.142 e. The van der Waals surface area contributed by atoms with Crippen molar-refractivity contribution >= 4 is 11.4 Å². The maximum absolute atomic E-state index is 9.17. The number of nitrogen functional groups attached to an aromatic ring is 1. The van der Waals surface area contributed by atoms with Crippen molar-refractivity contribution in [3.05, 3.63) is 23.3 Å². The average molecular weight is 264 g/mol. The van der Waals surface area contributed by atoms with E-state index in [1.54, 1.807) is 7.11 Å². The Morgan fingerprint density at radius 2 is 2.00 bits per heavy atom. The number of methoxy groups -OCH3 is 1. The van der Waals surface area contributed by atoms with Crippen LogP contribution in [0.4, 0.5) is 5.69 Å². The molecule has 0 aromatic heterocycles. The number of aryl methyl sites for hydroxylation is 1. The lowest BCUT2D eigenvalue weighted by atomic mass is 9.96. The zero-order valence-electron chi connectivity index (χ0n) is 12.4. The van der Waals surface area contributed by atoms with Gasteiger partial charge in [0.2, 0.25) is 0 Å². The van der Waals surface area contributed by atoms with Crippen molar-refractivity contribution in [2.75, 3.05) is 19.5 Å². The van der Waals surface area contributed by atoms with Crippen LogP contribution < -0.4 is 10.5 Å². The second-order valence-corrected chi connectivity index (χ2v) is 5.13. The van der Waals surface area contributed by atoms with Crippen LogP contribution in [0.25, 0.3) is 0 Å². The van der Waals surface area contributed by atoms with Crippen molar-refractivity contribution in [2.45, 2.75) is 33.7 Å². The summed E-state index contributed by atoms with van der Waals surface area (Å²) >= 11 is 0. The highest BCUT2D eigenvalue weighted by Crippen LogP contribution is 2.29. The van der Waals surface area contributed by atoms with Crippen LogP contribution >= 0.6 is 0 Å². The van der Waals surface area contributed by atoms with Crippen molar-refractivity contribution in [3.8, 4) is 5.75 Å². The molecule has 1 rings (SSSR count). The quantitative estimate of drug-likeness (QED) is 0.634. The lowest BCUT2D eigenvalue weighted by molar-refractivity contribution is 0.274. The molecule has 0 spiro atoms. The molecule has 106 valence electrons. The normalized spacial score (nSPS) is 13.7. The molecule has 0 radical (unpaired) electrons. The predicted molar refractivity (Wildman–Crippen MR) is 80.1 cm³/mol. The van der Waals surface area contributed by atoms with Gasteiger partial charge in [-0.1, -0.05) is 13.8 Å². The van der Waals surface area contributed by atoms with Gasteiger partial charge in [-0.3, -0.25) is 4.99 Å². The topological polar surface area (TPSA) is 67.8 Å². The number of nitrogens with two attached hydrogens (primary N) is 1. The van der Waals surface area contributed by atoms with E-state index in [9.17, 15) is 5.11 Å². The minimum Gasteiger partial charge on any atom is -0.495 e. The molecular weight excluding hydrogens is 240 g/mol. The standard InChI is InChI=1S/C15H24N2O2/c1-9(2)15(17-11(4)8-18)12-6-10(3)7-13(19-5)14(12)16/h6-7,9,11,18H,8,16H2,1-5H3. The number of ether oxygens (including phenoxy) is 1. The summed E-state index contributed by atoms with van der Waals surface area (Å²) in [6.07, 6.45) is 0. The fourth-order valence-corrected chi connectivity index (χ4v) is 1.95. The van der Waals surface area contributed by atoms with Gasteiger partial charge in [-0.05, 0) is 37.5 Å². The van der Waals surface area contributed by atoms with E-state index in [0.717, 1.165) is 16.8 Å². The highest BCUT2D eigenvalue weighted by atomic mass is 16.5. The van der Waals surface area contributed by atoms with Crippen LogP contribution in [-0.4, -0.2) is 30.6 Å². The summed E-state index contributed by atoms with van der Waals surface area (Å²) in [6, 6.07) is 3.79. The Bertz CT molecular complexity index is 467. The van der Waals surface area contributed by atoms with E-state index in [1.165, 1.54) is 0 Å². The van der Waals surface area contributed by atoms with E-state index in [1.807, 2.05) is 26.0 Å². The minimum atomic E-state index is -0.136. The molecule has 4 nitrogen and oxygen atoms in total. The molecule has 0 aliphatic heterocycles. The van der Waals surface area contributed by atoms with Crippen molar-refractivity contribution < 1.29 is 9.84 Å². The van der Waals surface area contributed by atoms with Crippen LogP contribution in [0, 0.1) is 12.8 Å². The van der Waals surface area contributed by atoms with Crippen LogP contribution in [0.15, 0.2) is 17.1 Å². The van der Waals surface area contributed by atoms with Gasteiger partial charge in [0.25, 0.3) is 0 Å². The molecule has 0 bridgehead atoms. The number of aliphatic imine (C=N–C) groups is 1. The van der Waals surface area contributed by atoms with Crippen molar-refractivity contribution in [1.29, 1.82) is 0 Å². The largest absolute Gasteiger partial charge is 0.495 e. The molecule has 1 aromatic rings. The number of anilines is 1. The van der Waals surface area contributed by atoms with Crippen LogP contribution in [0.5, 0.6) is 5.75 Å². The van der Waals surface area contributed by atoms with Crippen LogP contribution in [0.1, 0.15) is 31.9 Å². The highest BCUT2D eigenvalue weighted by molar-refractivity contribution is 6.07. The zero-order valence-corrected chi connectivity index (χ0v) is 12.4. The SMILES string of the molecule is COc1cc(C)cc(C(=NC(C)CO)C(C)C)c1N. The molecule has 1 aromatic carbocycles. The first-order chi connectivity index (χ1) is 8.90. The van der Waals surface area contributed by atoms with Crippen molar-refractivity contribution in [3.63, 3.8) is 0 Å². The molecule has 0 fully saturated rings. The number of nitrogens with zero attached hydrogens (tertiary/aromatic N) is 1. The van der Waals surface area contributed by atoms with Gasteiger partial charge in [-0.25, -0.2) is 0 Å². The molecule has 0 saturated heterocycles. The lowest BCUT2D eigenvalue weighted by Gasteiger charge is -2.18. The Kier molecular flexibility index (Phi) is 5.36. The van der Waals surface area contributed by atoms with E-state index in [4.69, 9.17) is 10.5 Å². The van der Waals surface area contributed by atoms with Crippen LogP contribution in [-0.2, 0) is 0 Å². The molecule has 1 unspecified atom stereocenters. The number of rotatable bonds is 5.